The molecule has 0 atom stereocenters. The van der Waals surface area contributed by atoms with Crippen molar-refractivity contribution in [1.29, 1.82) is 0 Å². The molecule has 24 heavy (non-hydrogen) atoms. The van der Waals surface area contributed by atoms with E-state index in [1.807, 2.05) is 12.1 Å². The number of aliphatic imine (C=N–C) groups is 1. The highest BCUT2D eigenvalue weighted by Crippen LogP contribution is 2.28. The van der Waals surface area contributed by atoms with E-state index in [4.69, 9.17) is 13.9 Å². The zero-order valence-corrected chi connectivity index (χ0v) is 14.8. The van der Waals surface area contributed by atoms with Crippen molar-refractivity contribution in [3.05, 3.63) is 24.2 Å². The van der Waals surface area contributed by atoms with Crippen LogP contribution in [0.15, 0.2) is 27.8 Å². The fraction of sp³-hybridized carbons (Fsp3) is 0.722. The molecule has 1 fully saturated rings. The molecule has 6 heteroatoms. The van der Waals surface area contributed by atoms with Gasteiger partial charge in [0, 0.05) is 39.5 Å². The summed E-state index contributed by atoms with van der Waals surface area (Å²) in [5.74, 6) is 2.56. The van der Waals surface area contributed by atoms with E-state index in [0.29, 0.717) is 13.2 Å². The standard InChI is InChI=1S/C18H31N3O3/c1-2-19-18(20-9-4-11-22-14-16-7-8-16)21-10-5-12-23-15-17-6-3-13-24-17/h3,6,13,16H,2,4-5,7-12,14-15H2,1H3,(H2,19,20,21). The normalized spacial score (nSPS) is 14.8. The van der Waals surface area contributed by atoms with Crippen LogP contribution in [0.3, 0.4) is 0 Å². The molecule has 1 aliphatic rings. The Hall–Kier alpha value is -1.53. The number of nitrogens with one attached hydrogen (secondary N) is 2. The van der Waals surface area contributed by atoms with Gasteiger partial charge < -0.3 is 24.5 Å². The molecule has 1 aromatic heterocycles. The number of furan rings is 1. The molecule has 1 aromatic rings. The highest BCUT2D eigenvalue weighted by atomic mass is 16.5. The van der Waals surface area contributed by atoms with Crippen molar-refractivity contribution in [3.63, 3.8) is 0 Å². The summed E-state index contributed by atoms with van der Waals surface area (Å²) in [6.07, 6.45) is 6.25. The van der Waals surface area contributed by atoms with Crippen LogP contribution in [0.4, 0.5) is 0 Å². The van der Waals surface area contributed by atoms with E-state index in [2.05, 4.69) is 22.5 Å². The smallest absolute Gasteiger partial charge is 0.191 e. The summed E-state index contributed by atoms with van der Waals surface area (Å²) in [6.45, 7) is 7.52. The fourth-order valence-electron chi connectivity index (χ4n) is 2.18. The lowest BCUT2D eigenvalue weighted by Gasteiger charge is -2.11. The van der Waals surface area contributed by atoms with Gasteiger partial charge in [0.2, 0.25) is 0 Å². The minimum atomic E-state index is 0.524. The Bertz CT molecular complexity index is 444. The maximum atomic E-state index is 5.63. The second-order valence-corrected chi connectivity index (χ2v) is 6.04. The van der Waals surface area contributed by atoms with Crippen molar-refractivity contribution in [2.75, 3.05) is 39.5 Å². The molecule has 6 nitrogen and oxygen atoms in total. The Kier molecular flexibility index (Phi) is 9.34. The zero-order chi connectivity index (χ0) is 16.9. The minimum Gasteiger partial charge on any atom is -0.467 e. The van der Waals surface area contributed by atoms with Gasteiger partial charge in [-0.05, 0) is 50.7 Å². The summed E-state index contributed by atoms with van der Waals surface area (Å²) < 4.78 is 16.4. The average molecular weight is 337 g/mol. The molecule has 0 bridgehead atoms. The van der Waals surface area contributed by atoms with Gasteiger partial charge in [-0.25, -0.2) is 0 Å². The molecule has 0 spiro atoms. The topological polar surface area (TPSA) is 68.0 Å². The monoisotopic (exact) mass is 337 g/mol. The summed E-state index contributed by atoms with van der Waals surface area (Å²) in [5.41, 5.74) is 0. The number of nitrogens with zero attached hydrogens (tertiary/aromatic N) is 1. The Morgan fingerprint density at radius 2 is 2.12 bits per heavy atom. The van der Waals surface area contributed by atoms with Crippen LogP contribution in [0.25, 0.3) is 0 Å². The number of guanidine groups is 1. The third-order valence-electron chi connectivity index (χ3n) is 3.69. The predicted octanol–water partition coefficient (Wildman–Crippen LogP) is 2.56. The highest BCUT2D eigenvalue weighted by Gasteiger charge is 2.20. The number of rotatable bonds is 13. The fourth-order valence-corrected chi connectivity index (χ4v) is 2.18. The maximum absolute atomic E-state index is 5.63. The van der Waals surface area contributed by atoms with Crippen molar-refractivity contribution >= 4 is 5.96 Å². The van der Waals surface area contributed by atoms with Crippen LogP contribution in [0.2, 0.25) is 0 Å². The van der Waals surface area contributed by atoms with E-state index in [1.54, 1.807) is 6.26 Å². The highest BCUT2D eigenvalue weighted by molar-refractivity contribution is 5.79. The minimum absolute atomic E-state index is 0.524. The Labute approximate surface area is 145 Å². The van der Waals surface area contributed by atoms with Crippen molar-refractivity contribution < 1.29 is 13.9 Å². The van der Waals surface area contributed by atoms with Gasteiger partial charge in [0.05, 0.1) is 6.26 Å². The second kappa shape index (κ2) is 11.9. The number of ether oxygens (including phenoxy) is 2. The first-order valence-electron chi connectivity index (χ1n) is 9.08. The van der Waals surface area contributed by atoms with Gasteiger partial charge >= 0.3 is 0 Å². The number of hydrogen-bond acceptors (Lipinski definition) is 4. The van der Waals surface area contributed by atoms with Crippen LogP contribution in [0, 0.1) is 5.92 Å². The Morgan fingerprint density at radius 3 is 2.88 bits per heavy atom. The molecule has 0 aromatic carbocycles. The predicted molar refractivity (Wildman–Crippen MR) is 95.1 cm³/mol. The lowest BCUT2D eigenvalue weighted by molar-refractivity contribution is 0.105. The van der Waals surface area contributed by atoms with E-state index in [1.165, 1.54) is 12.8 Å². The van der Waals surface area contributed by atoms with Crippen LogP contribution >= 0.6 is 0 Å². The van der Waals surface area contributed by atoms with Crippen LogP contribution in [0.5, 0.6) is 0 Å². The van der Waals surface area contributed by atoms with Crippen LogP contribution < -0.4 is 10.6 Å². The summed E-state index contributed by atoms with van der Waals surface area (Å²) in [5, 5.41) is 6.60. The largest absolute Gasteiger partial charge is 0.467 e. The first kappa shape index (κ1) is 18.8. The van der Waals surface area contributed by atoms with Gasteiger partial charge in [-0.3, -0.25) is 4.99 Å². The lowest BCUT2D eigenvalue weighted by atomic mass is 10.4. The summed E-state index contributed by atoms with van der Waals surface area (Å²) in [6, 6.07) is 3.79. The molecule has 2 rings (SSSR count). The van der Waals surface area contributed by atoms with Crippen LogP contribution in [0.1, 0.15) is 38.4 Å². The van der Waals surface area contributed by atoms with Gasteiger partial charge in [0.15, 0.2) is 5.96 Å². The zero-order valence-electron chi connectivity index (χ0n) is 14.8. The van der Waals surface area contributed by atoms with Gasteiger partial charge in [-0.2, -0.15) is 0 Å². The SMILES string of the molecule is CCNC(=NCCCOCc1ccco1)NCCCOCC1CC1. The van der Waals surface area contributed by atoms with E-state index < -0.39 is 0 Å². The van der Waals surface area contributed by atoms with Crippen molar-refractivity contribution in [2.24, 2.45) is 10.9 Å². The van der Waals surface area contributed by atoms with Crippen LogP contribution in [-0.2, 0) is 16.1 Å². The van der Waals surface area contributed by atoms with Crippen molar-refractivity contribution in [3.8, 4) is 0 Å². The van der Waals surface area contributed by atoms with Gasteiger partial charge in [-0.1, -0.05) is 0 Å². The molecule has 0 aliphatic heterocycles. The third-order valence-corrected chi connectivity index (χ3v) is 3.69. The Balaban J connectivity index is 1.47. The van der Waals surface area contributed by atoms with E-state index in [9.17, 15) is 0 Å². The van der Waals surface area contributed by atoms with Gasteiger partial charge in [0.1, 0.15) is 12.4 Å². The molecule has 0 amide bonds. The van der Waals surface area contributed by atoms with Crippen molar-refractivity contribution in [2.45, 2.75) is 39.2 Å². The van der Waals surface area contributed by atoms with Crippen LogP contribution in [-0.4, -0.2) is 45.4 Å². The summed E-state index contributed by atoms with van der Waals surface area (Å²) in [7, 11) is 0. The van der Waals surface area contributed by atoms with Crippen molar-refractivity contribution in [1.82, 2.24) is 10.6 Å². The maximum Gasteiger partial charge on any atom is 0.191 e. The van der Waals surface area contributed by atoms with E-state index in [-0.39, 0.29) is 0 Å². The summed E-state index contributed by atoms with van der Waals surface area (Å²) in [4.78, 5) is 4.55. The van der Waals surface area contributed by atoms with E-state index in [0.717, 1.165) is 63.3 Å². The molecule has 0 radical (unpaired) electrons. The van der Waals surface area contributed by atoms with Gasteiger partial charge in [0.25, 0.3) is 0 Å². The Morgan fingerprint density at radius 1 is 1.25 bits per heavy atom. The third kappa shape index (κ3) is 8.93. The molecule has 0 saturated heterocycles. The summed E-state index contributed by atoms with van der Waals surface area (Å²) >= 11 is 0. The van der Waals surface area contributed by atoms with E-state index >= 15 is 0 Å². The molecule has 1 aliphatic carbocycles. The molecular weight excluding hydrogens is 306 g/mol. The molecule has 2 N–H and O–H groups in total. The molecular formula is C18H31N3O3. The first-order chi connectivity index (χ1) is 11.9. The first-order valence-corrected chi connectivity index (χ1v) is 9.08. The quantitative estimate of drug-likeness (QED) is 0.329. The lowest BCUT2D eigenvalue weighted by Crippen LogP contribution is -2.38. The molecule has 0 unspecified atom stereocenters. The average Bonchev–Trinajstić information content (AvgIpc) is 3.27. The molecule has 136 valence electrons. The molecule has 1 heterocycles. The second-order valence-electron chi connectivity index (χ2n) is 6.04. The number of hydrogen-bond donors (Lipinski definition) is 2. The van der Waals surface area contributed by atoms with Gasteiger partial charge in [-0.15, -0.1) is 0 Å². The molecule has 1 saturated carbocycles.